The predicted octanol–water partition coefficient (Wildman–Crippen LogP) is 0.877. The van der Waals surface area contributed by atoms with Gasteiger partial charge in [0.05, 0.1) is 19.3 Å². The lowest BCUT2D eigenvalue weighted by molar-refractivity contribution is -0.209. The standard InChI is InChI=1S/C9H17NO2/c10-8-5-11-9(12-6-8)7-3-1-2-4-7/h7-9H,1-6,10H2. The average molecular weight is 171 g/mol. The van der Waals surface area contributed by atoms with E-state index in [-0.39, 0.29) is 12.3 Å². The van der Waals surface area contributed by atoms with Crippen LogP contribution in [0.15, 0.2) is 0 Å². The molecule has 0 aromatic rings. The van der Waals surface area contributed by atoms with Crippen molar-refractivity contribution in [2.75, 3.05) is 13.2 Å². The molecule has 2 fully saturated rings. The third kappa shape index (κ3) is 1.79. The van der Waals surface area contributed by atoms with Gasteiger partial charge in [-0.3, -0.25) is 0 Å². The Bertz CT molecular complexity index is 137. The van der Waals surface area contributed by atoms with Gasteiger partial charge in [0, 0.05) is 5.92 Å². The molecule has 0 unspecified atom stereocenters. The minimum Gasteiger partial charge on any atom is -0.351 e. The summed E-state index contributed by atoms with van der Waals surface area (Å²) < 4.78 is 11.1. The van der Waals surface area contributed by atoms with Crippen LogP contribution in [-0.2, 0) is 9.47 Å². The highest BCUT2D eigenvalue weighted by Gasteiger charge is 2.29. The quantitative estimate of drug-likeness (QED) is 0.637. The molecular formula is C9H17NO2. The highest BCUT2D eigenvalue weighted by atomic mass is 16.7. The molecule has 0 spiro atoms. The van der Waals surface area contributed by atoms with Gasteiger partial charge in [0.25, 0.3) is 0 Å². The molecule has 1 saturated carbocycles. The van der Waals surface area contributed by atoms with Gasteiger partial charge in [0.15, 0.2) is 6.29 Å². The van der Waals surface area contributed by atoms with E-state index in [1.807, 2.05) is 0 Å². The first-order valence-electron chi connectivity index (χ1n) is 4.85. The number of hydrogen-bond acceptors (Lipinski definition) is 3. The molecule has 0 amide bonds. The van der Waals surface area contributed by atoms with E-state index >= 15 is 0 Å². The zero-order chi connectivity index (χ0) is 8.39. The number of nitrogens with two attached hydrogens (primary N) is 1. The third-order valence-electron chi connectivity index (χ3n) is 2.73. The maximum Gasteiger partial charge on any atom is 0.160 e. The Morgan fingerprint density at radius 2 is 1.58 bits per heavy atom. The Labute approximate surface area is 73.2 Å². The summed E-state index contributed by atoms with van der Waals surface area (Å²) in [5.41, 5.74) is 5.65. The molecule has 1 aliphatic heterocycles. The molecule has 0 radical (unpaired) electrons. The van der Waals surface area contributed by atoms with Gasteiger partial charge in [-0.2, -0.15) is 0 Å². The van der Waals surface area contributed by atoms with E-state index in [0.717, 1.165) is 0 Å². The largest absolute Gasteiger partial charge is 0.351 e. The number of rotatable bonds is 1. The Morgan fingerprint density at radius 1 is 1.00 bits per heavy atom. The van der Waals surface area contributed by atoms with Gasteiger partial charge in [0.2, 0.25) is 0 Å². The van der Waals surface area contributed by atoms with Crippen molar-refractivity contribution >= 4 is 0 Å². The zero-order valence-corrected chi connectivity index (χ0v) is 7.37. The van der Waals surface area contributed by atoms with Gasteiger partial charge in [-0.1, -0.05) is 12.8 Å². The summed E-state index contributed by atoms with van der Waals surface area (Å²) in [6, 6.07) is 0.0858. The maximum absolute atomic E-state index is 5.65. The Morgan fingerprint density at radius 3 is 2.17 bits per heavy atom. The number of ether oxygens (including phenoxy) is 2. The fourth-order valence-corrected chi connectivity index (χ4v) is 2.03. The highest BCUT2D eigenvalue weighted by molar-refractivity contribution is 4.74. The van der Waals surface area contributed by atoms with Crippen LogP contribution < -0.4 is 5.73 Å². The van der Waals surface area contributed by atoms with E-state index in [9.17, 15) is 0 Å². The van der Waals surface area contributed by atoms with E-state index in [1.165, 1.54) is 25.7 Å². The summed E-state index contributed by atoms with van der Waals surface area (Å²) in [5.74, 6) is 0.637. The van der Waals surface area contributed by atoms with Crippen molar-refractivity contribution in [1.82, 2.24) is 0 Å². The molecule has 70 valence electrons. The van der Waals surface area contributed by atoms with Crippen molar-refractivity contribution in [3.63, 3.8) is 0 Å². The molecular weight excluding hydrogens is 154 g/mol. The van der Waals surface area contributed by atoms with E-state index in [2.05, 4.69) is 0 Å². The second-order valence-electron chi connectivity index (χ2n) is 3.84. The summed E-state index contributed by atoms with van der Waals surface area (Å²) in [7, 11) is 0. The van der Waals surface area contributed by atoms with Crippen LogP contribution in [0.25, 0.3) is 0 Å². The second-order valence-corrected chi connectivity index (χ2v) is 3.84. The lowest BCUT2D eigenvalue weighted by atomic mass is 10.1. The molecule has 3 nitrogen and oxygen atoms in total. The van der Waals surface area contributed by atoms with Gasteiger partial charge in [-0.25, -0.2) is 0 Å². The fraction of sp³-hybridized carbons (Fsp3) is 1.00. The molecule has 0 aromatic carbocycles. The van der Waals surface area contributed by atoms with Crippen LogP contribution in [0.3, 0.4) is 0 Å². The fourth-order valence-electron chi connectivity index (χ4n) is 2.03. The van der Waals surface area contributed by atoms with Crippen LogP contribution in [0.4, 0.5) is 0 Å². The highest BCUT2D eigenvalue weighted by Crippen LogP contribution is 2.30. The smallest absolute Gasteiger partial charge is 0.160 e. The minimum atomic E-state index is 0.0484. The SMILES string of the molecule is NC1COC(C2CCCC2)OC1. The summed E-state index contributed by atoms with van der Waals surface area (Å²) in [6.07, 6.45) is 5.24. The van der Waals surface area contributed by atoms with Crippen molar-refractivity contribution in [3.8, 4) is 0 Å². The summed E-state index contributed by atoms with van der Waals surface area (Å²) in [4.78, 5) is 0. The van der Waals surface area contributed by atoms with Crippen LogP contribution in [0, 0.1) is 5.92 Å². The van der Waals surface area contributed by atoms with Gasteiger partial charge < -0.3 is 15.2 Å². The molecule has 2 N–H and O–H groups in total. The van der Waals surface area contributed by atoms with Crippen LogP contribution in [0.2, 0.25) is 0 Å². The Hall–Kier alpha value is -0.120. The molecule has 0 atom stereocenters. The first-order chi connectivity index (χ1) is 5.86. The molecule has 0 aromatic heterocycles. The first-order valence-corrected chi connectivity index (χ1v) is 4.85. The second kappa shape index (κ2) is 3.73. The topological polar surface area (TPSA) is 44.5 Å². The molecule has 3 heteroatoms. The minimum absolute atomic E-state index is 0.0484. The van der Waals surface area contributed by atoms with Crippen LogP contribution in [-0.4, -0.2) is 25.5 Å². The van der Waals surface area contributed by atoms with Crippen LogP contribution in [0.5, 0.6) is 0 Å². The monoisotopic (exact) mass is 171 g/mol. The molecule has 1 aliphatic carbocycles. The Balaban J connectivity index is 1.80. The van der Waals surface area contributed by atoms with Crippen molar-refractivity contribution in [2.45, 2.75) is 38.0 Å². The van der Waals surface area contributed by atoms with E-state index in [0.29, 0.717) is 19.1 Å². The van der Waals surface area contributed by atoms with Crippen molar-refractivity contribution < 1.29 is 9.47 Å². The lowest BCUT2D eigenvalue weighted by Gasteiger charge is -2.30. The lowest BCUT2D eigenvalue weighted by Crippen LogP contribution is -2.43. The summed E-state index contributed by atoms with van der Waals surface area (Å²) in [5, 5.41) is 0. The van der Waals surface area contributed by atoms with Gasteiger partial charge in [-0.05, 0) is 12.8 Å². The summed E-state index contributed by atoms with van der Waals surface area (Å²) >= 11 is 0. The van der Waals surface area contributed by atoms with Gasteiger partial charge >= 0.3 is 0 Å². The zero-order valence-electron chi connectivity index (χ0n) is 7.37. The molecule has 0 bridgehead atoms. The molecule has 12 heavy (non-hydrogen) atoms. The summed E-state index contributed by atoms with van der Waals surface area (Å²) in [6.45, 7) is 1.34. The van der Waals surface area contributed by atoms with Crippen molar-refractivity contribution in [2.24, 2.45) is 11.7 Å². The predicted molar refractivity (Wildman–Crippen MR) is 45.6 cm³/mol. The van der Waals surface area contributed by atoms with Crippen molar-refractivity contribution in [1.29, 1.82) is 0 Å². The normalized spacial score (nSPS) is 38.8. The number of hydrogen-bond donors (Lipinski definition) is 1. The van der Waals surface area contributed by atoms with E-state index < -0.39 is 0 Å². The molecule has 2 rings (SSSR count). The molecule has 1 saturated heterocycles. The Kier molecular flexibility index (Phi) is 2.63. The van der Waals surface area contributed by atoms with E-state index in [1.54, 1.807) is 0 Å². The maximum atomic E-state index is 5.65. The van der Waals surface area contributed by atoms with Crippen LogP contribution in [0.1, 0.15) is 25.7 Å². The van der Waals surface area contributed by atoms with Crippen molar-refractivity contribution in [3.05, 3.63) is 0 Å². The van der Waals surface area contributed by atoms with Gasteiger partial charge in [0.1, 0.15) is 0 Å². The molecule has 1 heterocycles. The van der Waals surface area contributed by atoms with Crippen LogP contribution >= 0.6 is 0 Å². The molecule has 2 aliphatic rings. The first kappa shape index (κ1) is 8.48. The van der Waals surface area contributed by atoms with E-state index in [4.69, 9.17) is 15.2 Å². The average Bonchev–Trinajstić information content (AvgIpc) is 2.58. The third-order valence-corrected chi connectivity index (χ3v) is 2.73. The van der Waals surface area contributed by atoms with Gasteiger partial charge in [-0.15, -0.1) is 0 Å².